The average Bonchev–Trinajstić information content (AvgIpc) is 3.24. The third kappa shape index (κ3) is 4.92. The first-order valence-corrected chi connectivity index (χ1v) is 18.5. The molecular formula is C43H51N3O7. The van der Waals surface area contributed by atoms with Gasteiger partial charge in [-0.3, -0.25) is 4.79 Å². The summed E-state index contributed by atoms with van der Waals surface area (Å²) in [7, 11) is 3.11. The smallest absolute Gasteiger partial charge is 0.333 e. The number of ether oxygens (including phenoxy) is 4. The number of phenolic OH excluding ortho intramolecular Hbond substituents is 1. The number of hydrogen-bond acceptors (Lipinski definition) is 10. The summed E-state index contributed by atoms with van der Waals surface area (Å²) in [6.07, 6.45) is 12.3. The molecule has 1 aromatic rings. The van der Waals surface area contributed by atoms with E-state index in [-0.39, 0.29) is 29.7 Å². The van der Waals surface area contributed by atoms with Crippen LogP contribution in [0, 0.1) is 29.1 Å². The highest BCUT2D eigenvalue weighted by Gasteiger charge is 2.84. The molecule has 280 valence electrons. The molecule has 10 heteroatoms. The van der Waals surface area contributed by atoms with Gasteiger partial charge in [-0.25, -0.2) is 4.79 Å². The maximum absolute atomic E-state index is 15.2. The van der Waals surface area contributed by atoms with Crippen molar-refractivity contribution in [1.82, 2.24) is 4.90 Å². The summed E-state index contributed by atoms with van der Waals surface area (Å²) in [6.45, 7) is 15.9. The van der Waals surface area contributed by atoms with Gasteiger partial charge in [-0.1, -0.05) is 29.4 Å². The minimum Gasteiger partial charge on any atom is -0.506 e. The second-order valence-electron chi connectivity index (χ2n) is 16.7. The maximum atomic E-state index is 15.2. The molecule has 4 fully saturated rings. The minimum absolute atomic E-state index is 0.0227. The number of esters is 1. The Hall–Kier alpha value is -4.75. The Morgan fingerprint density at radius 3 is 2.45 bits per heavy atom. The largest absolute Gasteiger partial charge is 0.506 e. The molecule has 0 aromatic heterocycles. The minimum atomic E-state index is -1.57. The zero-order chi connectivity index (χ0) is 38.6. The Bertz CT molecular complexity index is 2080. The zero-order valence-corrected chi connectivity index (χ0v) is 32.5. The highest BCUT2D eigenvalue weighted by molar-refractivity contribution is 6.01. The molecule has 4 bridgehead atoms. The predicted molar refractivity (Wildman–Crippen MR) is 201 cm³/mol. The van der Waals surface area contributed by atoms with Crippen molar-refractivity contribution in [2.45, 2.75) is 110 Å². The van der Waals surface area contributed by atoms with Gasteiger partial charge < -0.3 is 34.7 Å². The second kappa shape index (κ2) is 12.1. The van der Waals surface area contributed by atoms with Crippen LogP contribution in [0.2, 0.25) is 0 Å². The van der Waals surface area contributed by atoms with E-state index in [1.807, 2.05) is 46.8 Å². The molecule has 0 amide bonds. The summed E-state index contributed by atoms with van der Waals surface area (Å²) in [6, 6.07) is 2.35. The monoisotopic (exact) mass is 721 g/mol. The first-order chi connectivity index (χ1) is 24.9. The van der Waals surface area contributed by atoms with Crippen molar-refractivity contribution in [1.29, 1.82) is 5.26 Å². The Morgan fingerprint density at radius 1 is 1.11 bits per heavy atom. The number of carbonyl (C=O) groups excluding carboxylic acids is 2. The molecule has 6 unspecified atom stereocenters. The molecule has 1 spiro atoms. The number of ketones is 1. The van der Waals surface area contributed by atoms with Crippen LogP contribution >= 0.6 is 0 Å². The van der Waals surface area contributed by atoms with E-state index in [0.29, 0.717) is 64.3 Å². The lowest BCUT2D eigenvalue weighted by molar-refractivity contribution is -0.181. The molecule has 6 atom stereocenters. The van der Waals surface area contributed by atoms with Gasteiger partial charge in [0.15, 0.2) is 17.0 Å². The molecule has 7 aliphatic rings. The van der Waals surface area contributed by atoms with E-state index < -0.39 is 40.2 Å². The fourth-order valence-electron chi connectivity index (χ4n) is 9.95. The van der Waals surface area contributed by atoms with E-state index in [1.54, 1.807) is 24.9 Å². The average molecular weight is 722 g/mol. The summed E-state index contributed by atoms with van der Waals surface area (Å²) >= 11 is 0. The number of rotatable bonds is 8. The van der Waals surface area contributed by atoms with Crippen LogP contribution in [-0.4, -0.2) is 58.3 Å². The van der Waals surface area contributed by atoms with Crippen molar-refractivity contribution in [3.05, 3.63) is 74.7 Å². The summed E-state index contributed by atoms with van der Waals surface area (Å²) in [4.78, 5) is 29.6. The van der Waals surface area contributed by atoms with Crippen LogP contribution in [0.3, 0.4) is 0 Å². The van der Waals surface area contributed by atoms with Gasteiger partial charge in [0.05, 0.1) is 41.2 Å². The Morgan fingerprint density at radius 2 is 1.81 bits per heavy atom. The number of allylic oxidation sites excluding steroid dienone is 5. The number of methoxy groups -OCH3 is 1. The van der Waals surface area contributed by atoms with Crippen molar-refractivity contribution >= 4 is 23.5 Å². The van der Waals surface area contributed by atoms with E-state index in [9.17, 15) is 15.2 Å². The van der Waals surface area contributed by atoms with Crippen LogP contribution in [0.1, 0.15) is 97.8 Å². The fourth-order valence-corrected chi connectivity index (χ4v) is 9.95. The molecule has 1 saturated heterocycles. The molecule has 0 radical (unpaired) electrons. The lowest BCUT2D eigenvalue weighted by atomic mass is 9.44. The fraction of sp³-hybridized carbons (Fsp3) is 0.512. The topological polar surface area (TPSA) is 144 Å². The normalized spacial score (nSPS) is 31.2. The third-order valence-electron chi connectivity index (χ3n) is 12.4. The molecule has 10 nitrogen and oxygen atoms in total. The van der Waals surface area contributed by atoms with E-state index in [1.165, 1.54) is 12.7 Å². The van der Waals surface area contributed by atoms with Crippen LogP contribution in [0.25, 0.3) is 11.8 Å². The van der Waals surface area contributed by atoms with Crippen molar-refractivity contribution in [3.63, 3.8) is 0 Å². The molecule has 1 aromatic carbocycles. The van der Waals surface area contributed by atoms with Crippen LogP contribution in [-0.2, 0) is 25.5 Å². The van der Waals surface area contributed by atoms with Crippen molar-refractivity contribution in [2.24, 2.45) is 23.5 Å². The number of fused-ring (bicyclic) bond motifs is 3. The summed E-state index contributed by atoms with van der Waals surface area (Å²) in [5, 5.41) is 23.1. The van der Waals surface area contributed by atoms with E-state index in [0.717, 1.165) is 17.6 Å². The first kappa shape index (κ1) is 36.6. The Labute approximate surface area is 312 Å². The van der Waals surface area contributed by atoms with Gasteiger partial charge >= 0.3 is 5.97 Å². The molecule has 53 heavy (non-hydrogen) atoms. The lowest BCUT2D eigenvalue weighted by Crippen LogP contribution is -2.75. The number of aromatic hydroxyl groups is 1. The number of carbonyl (C=O) groups is 2. The highest BCUT2D eigenvalue weighted by atomic mass is 16.6. The molecule has 4 aliphatic heterocycles. The number of phenols is 1. The maximum Gasteiger partial charge on any atom is 0.333 e. The molecule has 3 saturated carbocycles. The number of Topliss-reactive ketones (excluding diaryl/α,β-unsaturated/α-hetero) is 1. The van der Waals surface area contributed by atoms with Crippen molar-refractivity contribution < 1.29 is 33.6 Å². The van der Waals surface area contributed by atoms with E-state index in [2.05, 4.69) is 32.1 Å². The number of nitrogens with two attached hydrogens (primary N) is 1. The quantitative estimate of drug-likeness (QED) is 0.161. The van der Waals surface area contributed by atoms with Crippen LogP contribution < -0.4 is 15.2 Å². The lowest BCUT2D eigenvalue weighted by Gasteiger charge is -2.63. The van der Waals surface area contributed by atoms with Gasteiger partial charge in [-0.2, -0.15) is 5.26 Å². The predicted octanol–water partition coefficient (Wildman–Crippen LogP) is 7.19. The molecule has 8 rings (SSSR count). The Kier molecular flexibility index (Phi) is 8.38. The highest BCUT2D eigenvalue weighted by Crippen LogP contribution is 2.74. The molecule has 3 N–H and O–H groups in total. The van der Waals surface area contributed by atoms with Crippen LogP contribution in [0.5, 0.6) is 17.2 Å². The van der Waals surface area contributed by atoms with Gasteiger partial charge in [-0.05, 0) is 93.2 Å². The third-order valence-corrected chi connectivity index (χ3v) is 12.4. The van der Waals surface area contributed by atoms with Gasteiger partial charge in [0, 0.05) is 47.9 Å². The first-order valence-electron chi connectivity index (χ1n) is 18.5. The van der Waals surface area contributed by atoms with E-state index in [4.69, 9.17) is 24.7 Å². The zero-order valence-electron chi connectivity index (χ0n) is 32.5. The van der Waals surface area contributed by atoms with Crippen molar-refractivity contribution in [3.8, 4) is 23.3 Å². The van der Waals surface area contributed by atoms with Gasteiger partial charge in [0.2, 0.25) is 0 Å². The van der Waals surface area contributed by atoms with Crippen molar-refractivity contribution in [2.75, 3.05) is 14.2 Å². The van der Waals surface area contributed by atoms with Gasteiger partial charge in [-0.15, -0.1) is 0 Å². The SMILES string of the molecule is COC(=O)/C(C)=C\CC12OC(C)(C)C3CC(C1=O)C1C(C#N)=C(N)N(C)C4=C1C32Oc1c(CC=C(C)C)c2c(c(O)c14)C=CC(C)(CCC=C(C)C)O2. The summed E-state index contributed by atoms with van der Waals surface area (Å²) < 4.78 is 26.6. The number of benzene rings is 1. The molecule has 4 heterocycles. The van der Waals surface area contributed by atoms with E-state index >= 15 is 4.79 Å². The summed E-state index contributed by atoms with van der Waals surface area (Å²) in [5.41, 5.74) is 8.31. The van der Waals surface area contributed by atoms with Gasteiger partial charge in [0.1, 0.15) is 28.7 Å². The molecular weight excluding hydrogens is 670 g/mol. The van der Waals surface area contributed by atoms with Crippen LogP contribution in [0.15, 0.2) is 58.0 Å². The Balaban J connectivity index is 1.56. The summed E-state index contributed by atoms with van der Waals surface area (Å²) in [5.74, 6) is -1.22. The number of nitrogens with zero attached hydrogens (tertiary/aromatic N) is 2. The van der Waals surface area contributed by atoms with Crippen LogP contribution in [0.4, 0.5) is 0 Å². The standard InChI is InChI=1S/C43H51N3O7/c1-22(2)12-11-17-41(8)18-16-25-34(47)31-33-32-30(28(21-44)38(45)46(33)9)27-20-29-40(6,7)53-42(37(27)48,19-15-24(5)39(49)50-10)43(29,32)52-36(31)26(35(25)51-41)14-13-23(3)4/h12-13,15-16,18,27,29-30,47H,11,14,17,19-20,45H2,1-10H3/b24-15-. The number of nitriles is 1. The van der Waals surface area contributed by atoms with Gasteiger partial charge in [0.25, 0.3) is 0 Å². The number of hydrogen-bond donors (Lipinski definition) is 2. The second-order valence-corrected chi connectivity index (χ2v) is 16.7. The molecule has 3 aliphatic carbocycles.